The van der Waals surface area contributed by atoms with Crippen LogP contribution < -0.4 is 15.4 Å². The number of hydrogen-bond acceptors (Lipinski definition) is 5. The number of guanidine groups is 1. The molecular formula is C17H25N5O2S2. The molecule has 0 aliphatic carbocycles. The van der Waals surface area contributed by atoms with E-state index in [1.807, 2.05) is 32.2 Å². The molecule has 0 spiro atoms. The molecule has 3 N–H and O–H groups in total. The minimum atomic E-state index is -3.33. The normalized spacial score (nSPS) is 12.0. The van der Waals surface area contributed by atoms with Crippen molar-refractivity contribution in [1.82, 2.24) is 15.6 Å². The molecule has 0 fully saturated rings. The Morgan fingerprint density at radius 1 is 1.27 bits per heavy atom. The lowest BCUT2D eigenvalue weighted by Gasteiger charge is -2.12. The first-order valence-electron chi connectivity index (χ1n) is 8.36. The monoisotopic (exact) mass is 395 g/mol. The Labute approximate surface area is 159 Å². The highest BCUT2D eigenvalue weighted by Gasteiger charge is 2.07. The zero-order chi connectivity index (χ0) is 19.0. The maximum absolute atomic E-state index is 11.5. The lowest BCUT2D eigenvalue weighted by molar-refractivity contribution is 0.606. The van der Waals surface area contributed by atoms with Gasteiger partial charge in [0.25, 0.3) is 0 Å². The molecule has 2 aromatic rings. The average molecular weight is 396 g/mol. The summed E-state index contributed by atoms with van der Waals surface area (Å²) in [5.74, 6) is 0.690. The third-order valence-electron chi connectivity index (χ3n) is 3.36. The van der Waals surface area contributed by atoms with E-state index in [2.05, 4.69) is 25.3 Å². The van der Waals surface area contributed by atoms with Crippen molar-refractivity contribution in [2.45, 2.75) is 26.8 Å². The lowest BCUT2D eigenvalue weighted by atomic mass is 10.2. The van der Waals surface area contributed by atoms with Crippen LogP contribution in [-0.2, 0) is 23.0 Å². The summed E-state index contributed by atoms with van der Waals surface area (Å²) in [6.07, 6.45) is 3.85. The summed E-state index contributed by atoms with van der Waals surface area (Å²) >= 11 is 1.69. The Morgan fingerprint density at radius 3 is 2.69 bits per heavy atom. The van der Waals surface area contributed by atoms with E-state index in [9.17, 15) is 8.42 Å². The van der Waals surface area contributed by atoms with E-state index in [-0.39, 0.29) is 0 Å². The maximum Gasteiger partial charge on any atom is 0.229 e. The number of para-hydroxylation sites is 1. The lowest BCUT2D eigenvalue weighted by Crippen LogP contribution is -2.38. The Kier molecular flexibility index (Phi) is 7.40. The summed E-state index contributed by atoms with van der Waals surface area (Å²) in [7, 11) is -3.33. The van der Waals surface area contributed by atoms with Crippen molar-refractivity contribution in [3.8, 4) is 0 Å². The largest absolute Gasteiger partial charge is 0.357 e. The summed E-state index contributed by atoms with van der Waals surface area (Å²) in [5, 5.41) is 7.57. The SMILES string of the molecule is CCNC(=NCc1ccccc1NS(C)(=O)=O)NCCc1ncc(C)s1. The highest BCUT2D eigenvalue weighted by molar-refractivity contribution is 7.92. The van der Waals surface area contributed by atoms with E-state index in [1.165, 1.54) is 4.88 Å². The second-order valence-corrected chi connectivity index (χ2v) is 8.84. The molecule has 7 nitrogen and oxygen atoms in total. The number of hydrogen-bond donors (Lipinski definition) is 3. The molecule has 0 aliphatic heterocycles. The van der Waals surface area contributed by atoms with Crippen molar-refractivity contribution >= 4 is 33.0 Å². The molecule has 9 heteroatoms. The van der Waals surface area contributed by atoms with Crippen LogP contribution in [0.3, 0.4) is 0 Å². The van der Waals surface area contributed by atoms with Gasteiger partial charge < -0.3 is 10.6 Å². The van der Waals surface area contributed by atoms with Crippen LogP contribution >= 0.6 is 11.3 Å². The highest BCUT2D eigenvalue weighted by Crippen LogP contribution is 2.17. The third kappa shape index (κ3) is 7.01. The van der Waals surface area contributed by atoms with Gasteiger partial charge in [-0.2, -0.15) is 0 Å². The molecule has 0 atom stereocenters. The van der Waals surface area contributed by atoms with Gasteiger partial charge in [0.1, 0.15) is 0 Å². The number of nitrogens with one attached hydrogen (secondary N) is 3. The van der Waals surface area contributed by atoms with Gasteiger partial charge in [-0.15, -0.1) is 11.3 Å². The van der Waals surface area contributed by atoms with Gasteiger partial charge in [-0.05, 0) is 25.5 Å². The van der Waals surface area contributed by atoms with Gasteiger partial charge >= 0.3 is 0 Å². The minimum Gasteiger partial charge on any atom is -0.357 e. The average Bonchev–Trinajstić information content (AvgIpc) is 2.98. The van der Waals surface area contributed by atoms with Crippen LogP contribution in [0.1, 0.15) is 22.4 Å². The number of aliphatic imine (C=N–C) groups is 1. The van der Waals surface area contributed by atoms with Gasteiger partial charge in [0.2, 0.25) is 10.0 Å². The van der Waals surface area contributed by atoms with Crippen LogP contribution in [0.2, 0.25) is 0 Å². The van der Waals surface area contributed by atoms with E-state index < -0.39 is 10.0 Å². The quantitative estimate of drug-likeness (QED) is 0.470. The topological polar surface area (TPSA) is 95.5 Å². The Hall–Kier alpha value is -2.13. The maximum atomic E-state index is 11.5. The van der Waals surface area contributed by atoms with Gasteiger partial charge in [0.05, 0.1) is 23.5 Å². The minimum absolute atomic E-state index is 0.365. The molecule has 1 aromatic carbocycles. The molecule has 2 rings (SSSR count). The fourth-order valence-corrected chi connectivity index (χ4v) is 3.65. The van der Waals surface area contributed by atoms with Crippen LogP contribution in [0.25, 0.3) is 0 Å². The van der Waals surface area contributed by atoms with Crippen LogP contribution in [0.15, 0.2) is 35.5 Å². The molecule has 142 valence electrons. The highest BCUT2D eigenvalue weighted by atomic mass is 32.2. The summed E-state index contributed by atoms with van der Waals surface area (Å²) in [5.41, 5.74) is 1.36. The Morgan fingerprint density at radius 2 is 2.04 bits per heavy atom. The van der Waals surface area contributed by atoms with Gasteiger partial charge in [0, 0.05) is 30.6 Å². The Bertz CT molecular complexity index is 846. The van der Waals surface area contributed by atoms with E-state index >= 15 is 0 Å². The molecular weight excluding hydrogens is 370 g/mol. The molecule has 1 aromatic heterocycles. The predicted octanol–water partition coefficient (Wildman–Crippen LogP) is 2.12. The first-order chi connectivity index (χ1) is 12.4. The smallest absolute Gasteiger partial charge is 0.229 e. The van der Waals surface area contributed by atoms with Gasteiger partial charge in [-0.3, -0.25) is 4.72 Å². The second kappa shape index (κ2) is 9.54. The summed E-state index contributed by atoms with van der Waals surface area (Å²) in [6, 6.07) is 7.25. The molecule has 0 radical (unpaired) electrons. The molecule has 0 saturated carbocycles. The van der Waals surface area contributed by atoms with Gasteiger partial charge in [-0.1, -0.05) is 18.2 Å². The van der Waals surface area contributed by atoms with Crippen LogP contribution in [0.5, 0.6) is 0 Å². The number of aryl methyl sites for hydroxylation is 1. The van der Waals surface area contributed by atoms with Crippen molar-refractivity contribution in [2.75, 3.05) is 24.1 Å². The molecule has 1 heterocycles. The van der Waals surface area contributed by atoms with Gasteiger partial charge in [0.15, 0.2) is 5.96 Å². The van der Waals surface area contributed by atoms with Crippen molar-refractivity contribution in [3.05, 3.63) is 45.9 Å². The molecule has 0 bridgehead atoms. The van der Waals surface area contributed by atoms with E-state index in [4.69, 9.17) is 0 Å². The molecule has 0 amide bonds. The summed E-state index contributed by atoms with van der Waals surface area (Å²) in [4.78, 5) is 10.1. The first-order valence-corrected chi connectivity index (χ1v) is 11.1. The zero-order valence-electron chi connectivity index (χ0n) is 15.2. The first kappa shape index (κ1) is 20.2. The number of aromatic nitrogens is 1. The van der Waals surface area contributed by atoms with E-state index in [1.54, 1.807) is 23.5 Å². The summed E-state index contributed by atoms with van der Waals surface area (Å²) < 4.78 is 25.5. The number of benzene rings is 1. The van der Waals surface area contributed by atoms with Crippen LogP contribution in [0, 0.1) is 6.92 Å². The van der Waals surface area contributed by atoms with Gasteiger partial charge in [-0.25, -0.2) is 18.4 Å². The van der Waals surface area contributed by atoms with Crippen molar-refractivity contribution in [3.63, 3.8) is 0 Å². The molecule has 26 heavy (non-hydrogen) atoms. The standard InChI is InChI=1S/C17H25N5O2S2/c1-4-18-17(19-10-9-16-20-11-13(2)25-16)21-12-14-7-5-6-8-15(14)22-26(3,23)24/h5-8,11,22H,4,9-10,12H2,1-3H3,(H2,18,19,21). The summed E-state index contributed by atoms with van der Waals surface area (Å²) in [6.45, 7) is 5.88. The Balaban J connectivity index is 2.00. The second-order valence-electron chi connectivity index (χ2n) is 5.77. The molecule has 0 saturated heterocycles. The fraction of sp³-hybridized carbons (Fsp3) is 0.412. The molecule has 0 unspecified atom stereocenters. The number of nitrogens with zero attached hydrogens (tertiary/aromatic N) is 2. The third-order valence-corrected chi connectivity index (χ3v) is 4.93. The van der Waals surface area contributed by atoms with Crippen LogP contribution in [0.4, 0.5) is 5.69 Å². The predicted molar refractivity (Wildman–Crippen MR) is 108 cm³/mol. The number of thiazole rings is 1. The zero-order valence-corrected chi connectivity index (χ0v) is 16.9. The number of sulfonamides is 1. The van der Waals surface area contributed by atoms with Crippen molar-refractivity contribution in [2.24, 2.45) is 4.99 Å². The van der Waals surface area contributed by atoms with Crippen LogP contribution in [-0.4, -0.2) is 38.7 Å². The molecule has 0 aliphatic rings. The van der Waals surface area contributed by atoms with E-state index in [0.717, 1.165) is 36.3 Å². The number of rotatable bonds is 8. The van der Waals surface area contributed by atoms with Crippen molar-refractivity contribution in [1.29, 1.82) is 0 Å². The van der Waals surface area contributed by atoms with Crippen molar-refractivity contribution < 1.29 is 8.42 Å². The fourth-order valence-electron chi connectivity index (χ4n) is 2.27. The number of anilines is 1. The van der Waals surface area contributed by atoms with E-state index in [0.29, 0.717) is 18.2 Å².